The van der Waals surface area contributed by atoms with E-state index in [0.717, 1.165) is 41.4 Å². The van der Waals surface area contributed by atoms with E-state index in [0.29, 0.717) is 12.8 Å². The Labute approximate surface area is 147 Å². The van der Waals surface area contributed by atoms with Gasteiger partial charge in [0.25, 0.3) is 5.91 Å². The summed E-state index contributed by atoms with van der Waals surface area (Å²) in [6.07, 6.45) is 1.39. The van der Waals surface area contributed by atoms with Crippen LogP contribution >= 0.6 is 0 Å². The Balaban J connectivity index is 1.93. The molecular weight excluding hydrogens is 314 g/mol. The third-order valence-electron chi connectivity index (χ3n) is 4.96. The summed E-state index contributed by atoms with van der Waals surface area (Å²) in [5.74, 6) is 0.726. The molecule has 2 heterocycles. The standard InChI is InChI=1S/C20H21N3O2/c1-25-15-7-8-17-16(13-15)18(14-5-3-2-4-6-14)23-20(19(24)22-17)9-11-21-12-10-20/h2-8,13,21H,9-12H2,1H3,(H,22,24). The van der Waals surface area contributed by atoms with Crippen LogP contribution in [-0.4, -0.2) is 37.4 Å². The lowest BCUT2D eigenvalue weighted by Gasteiger charge is -2.32. The Morgan fingerprint density at radius 2 is 1.84 bits per heavy atom. The molecule has 0 unspecified atom stereocenters. The van der Waals surface area contributed by atoms with Crippen molar-refractivity contribution in [3.63, 3.8) is 0 Å². The number of benzene rings is 2. The highest BCUT2D eigenvalue weighted by atomic mass is 16.5. The molecule has 2 aliphatic rings. The Morgan fingerprint density at radius 1 is 1.08 bits per heavy atom. The van der Waals surface area contributed by atoms with Crippen molar-refractivity contribution >= 4 is 17.3 Å². The van der Waals surface area contributed by atoms with Gasteiger partial charge in [-0.2, -0.15) is 0 Å². The fraction of sp³-hybridized carbons (Fsp3) is 0.300. The second-order valence-electron chi connectivity index (χ2n) is 6.47. The highest BCUT2D eigenvalue weighted by molar-refractivity contribution is 6.20. The third kappa shape index (κ3) is 2.81. The van der Waals surface area contributed by atoms with Crippen molar-refractivity contribution < 1.29 is 9.53 Å². The Kier molecular flexibility index (Phi) is 4.01. The van der Waals surface area contributed by atoms with Gasteiger partial charge in [0.05, 0.1) is 18.5 Å². The van der Waals surface area contributed by atoms with Crippen LogP contribution in [0.25, 0.3) is 0 Å². The number of hydrogen-bond acceptors (Lipinski definition) is 4. The summed E-state index contributed by atoms with van der Waals surface area (Å²) in [6, 6.07) is 15.7. The van der Waals surface area contributed by atoms with E-state index in [1.54, 1.807) is 7.11 Å². The molecule has 5 nitrogen and oxygen atoms in total. The summed E-state index contributed by atoms with van der Waals surface area (Å²) >= 11 is 0. The van der Waals surface area contributed by atoms with E-state index >= 15 is 0 Å². The SMILES string of the molecule is COc1ccc2c(c1)C(c1ccccc1)=NC1(CCNCC1)C(=O)N2. The second-order valence-corrected chi connectivity index (χ2v) is 6.47. The molecular formula is C20H21N3O2. The number of nitrogens with zero attached hydrogens (tertiary/aromatic N) is 1. The summed E-state index contributed by atoms with van der Waals surface area (Å²) in [7, 11) is 1.64. The van der Waals surface area contributed by atoms with Gasteiger partial charge in [-0.1, -0.05) is 30.3 Å². The molecule has 1 amide bonds. The first-order valence-corrected chi connectivity index (χ1v) is 8.58. The zero-order chi connectivity index (χ0) is 17.3. The predicted octanol–water partition coefficient (Wildman–Crippen LogP) is 2.61. The van der Waals surface area contributed by atoms with Crippen LogP contribution < -0.4 is 15.4 Å². The first-order chi connectivity index (χ1) is 12.2. The first-order valence-electron chi connectivity index (χ1n) is 8.58. The number of ether oxygens (including phenoxy) is 1. The zero-order valence-corrected chi connectivity index (χ0v) is 14.2. The minimum Gasteiger partial charge on any atom is -0.497 e. The molecule has 2 aromatic carbocycles. The van der Waals surface area contributed by atoms with Gasteiger partial charge in [0, 0.05) is 11.1 Å². The van der Waals surface area contributed by atoms with Gasteiger partial charge < -0.3 is 15.4 Å². The summed E-state index contributed by atoms with van der Waals surface area (Å²) in [4.78, 5) is 18.1. The summed E-state index contributed by atoms with van der Waals surface area (Å²) in [5, 5.41) is 6.42. The van der Waals surface area contributed by atoms with E-state index in [2.05, 4.69) is 10.6 Å². The van der Waals surface area contributed by atoms with Gasteiger partial charge in [0.1, 0.15) is 11.3 Å². The molecule has 1 saturated heterocycles. The fourth-order valence-corrected chi connectivity index (χ4v) is 3.51. The number of methoxy groups -OCH3 is 1. The van der Waals surface area contributed by atoms with Crippen molar-refractivity contribution in [3.05, 3.63) is 59.7 Å². The largest absolute Gasteiger partial charge is 0.497 e. The molecule has 2 aromatic rings. The monoisotopic (exact) mass is 335 g/mol. The van der Waals surface area contributed by atoms with Gasteiger partial charge >= 0.3 is 0 Å². The summed E-state index contributed by atoms with van der Waals surface area (Å²) in [6.45, 7) is 1.58. The van der Waals surface area contributed by atoms with Crippen LogP contribution in [0.4, 0.5) is 5.69 Å². The van der Waals surface area contributed by atoms with Crippen LogP contribution in [0.1, 0.15) is 24.0 Å². The minimum atomic E-state index is -0.720. The molecule has 128 valence electrons. The Bertz CT molecular complexity index is 824. The summed E-state index contributed by atoms with van der Waals surface area (Å²) in [5.41, 5.74) is 2.81. The van der Waals surface area contributed by atoms with Crippen molar-refractivity contribution in [1.82, 2.24) is 5.32 Å². The number of nitrogens with one attached hydrogen (secondary N) is 2. The lowest BCUT2D eigenvalue weighted by molar-refractivity contribution is -0.121. The number of aliphatic imine (C=N–C) groups is 1. The molecule has 0 saturated carbocycles. The normalized spacial score (nSPS) is 18.8. The van der Waals surface area contributed by atoms with Gasteiger partial charge in [-0.05, 0) is 44.1 Å². The molecule has 0 aliphatic carbocycles. The number of anilines is 1. The quantitative estimate of drug-likeness (QED) is 0.887. The van der Waals surface area contributed by atoms with Crippen LogP contribution in [0.5, 0.6) is 5.75 Å². The van der Waals surface area contributed by atoms with Crippen molar-refractivity contribution in [2.75, 3.05) is 25.5 Å². The van der Waals surface area contributed by atoms with E-state index in [1.165, 1.54) is 0 Å². The van der Waals surface area contributed by atoms with Crippen LogP contribution in [0.15, 0.2) is 53.5 Å². The van der Waals surface area contributed by atoms with Gasteiger partial charge in [-0.15, -0.1) is 0 Å². The van der Waals surface area contributed by atoms with E-state index in [-0.39, 0.29) is 5.91 Å². The molecule has 0 atom stereocenters. The third-order valence-corrected chi connectivity index (χ3v) is 4.96. The molecule has 4 rings (SSSR count). The molecule has 5 heteroatoms. The molecule has 0 radical (unpaired) electrons. The first kappa shape index (κ1) is 15.8. The smallest absolute Gasteiger partial charge is 0.252 e. The molecule has 2 aliphatic heterocycles. The van der Waals surface area contributed by atoms with Crippen molar-refractivity contribution in [2.45, 2.75) is 18.4 Å². The van der Waals surface area contributed by atoms with Crippen molar-refractivity contribution in [3.8, 4) is 5.75 Å². The maximum absolute atomic E-state index is 13.0. The number of amides is 1. The van der Waals surface area contributed by atoms with Crippen LogP contribution in [0.2, 0.25) is 0 Å². The average Bonchev–Trinajstić information content (AvgIpc) is 2.78. The van der Waals surface area contributed by atoms with E-state index in [4.69, 9.17) is 9.73 Å². The van der Waals surface area contributed by atoms with E-state index in [9.17, 15) is 4.79 Å². The van der Waals surface area contributed by atoms with Crippen LogP contribution in [-0.2, 0) is 4.79 Å². The Hall–Kier alpha value is -2.66. The number of hydrogen-bond donors (Lipinski definition) is 2. The maximum atomic E-state index is 13.0. The van der Waals surface area contributed by atoms with Gasteiger partial charge in [-0.25, -0.2) is 0 Å². The zero-order valence-electron chi connectivity index (χ0n) is 14.2. The number of carbonyl (C=O) groups excluding carboxylic acids is 1. The van der Waals surface area contributed by atoms with E-state index in [1.807, 2.05) is 48.5 Å². The fourth-order valence-electron chi connectivity index (χ4n) is 3.51. The topological polar surface area (TPSA) is 62.7 Å². The molecule has 0 bridgehead atoms. The van der Waals surface area contributed by atoms with Gasteiger partial charge in [0.15, 0.2) is 0 Å². The number of fused-ring (bicyclic) bond motifs is 1. The highest BCUT2D eigenvalue weighted by Crippen LogP contribution is 2.34. The lowest BCUT2D eigenvalue weighted by Crippen LogP contribution is -2.49. The molecule has 2 N–H and O–H groups in total. The number of carbonyl (C=O) groups is 1. The second kappa shape index (κ2) is 6.33. The number of rotatable bonds is 2. The van der Waals surface area contributed by atoms with Crippen molar-refractivity contribution in [1.29, 1.82) is 0 Å². The van der Waals surface area contributed by atoms with Gasteiger partial charge in [0.2, 0.25) is 0 Å². The number of piperidine rings is 1. The maximum Gasteiger partial charge on any atom is 0.252 e. The van der Waals surface area contributed by atoms with Crippen LogP contribution in [0, 0.1) is 0 Å². The predicted molar refractivity (Wildman–Crippen MR) is 98.5 cm³/mol. The van der Waals surface area contributed by atoms with Crippen molar-refractivity contribution in [2.24, 2.45) is 4.99 Å². The van der Waals surface area contributed by atoms with Gasteiger partial charge in [-0.3, -0.25) is 9.79 Å². The summed E-state index contributed by atoms with van der Waals surface area (Å²) < 4.78 is 5.39. The molecule has 25 heavy (non-hydrogen) atoms. The minimum absolute atomic E-state index is 0.0219. The molecule has 1 fully saturated rings. The lowest BCUT2D eigenvalue weighted by atomic mass is 9.87. The molecule has 1 spiro atoms. The van der Waals surface area contributed by atoms with E-state index < -0.39 is 5.54 Å². The average molecular weight is 335 g/mol. The highest BCUT2D eigenvalue weighted by Gasteiger charge is 2.42. The Morgan fingerprint density at radius 3 is 2.56 bits per heavy atom. The molecule has 0 aromatic heterocycles. The van der Waals surface area contributed by atoms with Crippen LogP contribution in [0.3, 0.4) is 0 Å².